The largest absolute Gasteiger partial charge is 0.399 e. The van der Waals surface area contributed by atoms with Crippen molar-refractivity contribution in [1.82, 2.24) is 0 Å². The molecule has 0 amide bonds. The second-order valence-corrected chi connectivity index (χ2v) is 7.26. The van der Waals surface area contributed by atoms with Crippen molar-refractivity contribution < 1.29 is 4.21 Å². The first-order valence-electron chi connectivity index (χ1n) is 6.83. The highest BCUT2D eigenvalue weighted by Crippen LogP contribution is 2.33. The summed E-state index contributed by atoms with van der Waals surface area (Å²) in [7, 11) is -1.22. The summed E-state index contributed by atoms with van der Waals surface area (Å²) in [6.45, 7) is 0. The van der Waals surface area contributed by atoms with Crippen LogP contribution < -0.4 is 5.73 Å². The summed E-state index contributed by atoms with van der Waals surface area (Å²) < 4.78 is 12.8. The van der Waals surface area contributed by atoms with E-state index in [1.165, 1.54) is 0 Å². The normalized spacial score (nSPS) is 12.0. The van der Waals surface area contributed by atoms with Gasteiger partial charge in [0.25, 0.3) is 0 Å². The van der Waals surface area contributed by atoms with E-state index in [1.807, 2.05) is 66.7 Å². The zero-order valence-corrected chi connectivity index (χ0v) is 13.4. The maximum Gasteiger partial charge on any atom is 0.0861 e. The van der Waals surface area contributed by atoms with Crippen molar-refractivity contribution in [1.29, 1.82) is 0 Å². The summed E-state index contributed by atoms with van der Waals surface area (Å²) in [6, 6.07) is 25.1. The van der Waals surface area contributed by atoms with Crippen LogP contribution in [-0.2, 0) is 10.8 Å². The van der Waals surface area contributed by atoms with Gasteiger partial charge in [-0.15, -0.1) is 0 Å². The Hall–Kier alpha value is -2.04. The molecule has 3 aromatic carbocycles. The van der Waals surface area contributed by atoms with Gasteiger partial charge in [0.1, 0.15) is 0 Å². The minimum absolute atomic E-state index is 0.674. The summed E-state index contributed by atoms with van der Waals surface area (Å²) in [5.41, 5.74) is 6.37. The maximum absolute atomic E-state index is 12.8. The molecule has 0 saturated carbocycles. The molecule has 3 rings (SSSR count). The minimum Gasteiger partial charge on any atom is -0.399 e. The number of rotatable bonds is 4. The number of benzene rings is 3. The van der Waals surface area contributed by atoms with Crippen LogP contribution in [0.5, 0.6) is 0 Å². The maximum atomic E-state index is 12.8. The lowest BCUT2D eigenvalue weighted by molar-refractivity contribution is 0.681. The third kappa shape index (κ3) is 3.40. The summed E-state index contributed by atoms with van der Waals surface area (Å²) in [4.78, 5) is 3.71. The van der Waals surface area contributed by atoms with Crippen molar-refractivity contribution in [3.05, 3.63) is 78.9 Å². The molecule has 0 aliphatic carbocycles. The van der Waals surface area contributed by atoms with Gasteiger partial charge in [-0.05, 0) is 48.5 Å². The molecule has 3 aromatic rings. The smallest absolute Gasteiger partial charge is 0.0861 e. The van der Waals surface area contributed by atoms with Crippen molar-refractivity contribution in [2.75, 3.05) is 5.73 Å². The van der Waals surface area contributed by atoms with Crippen LogP contribution in [0.4, 0.5) is 5.69 Å². The van der Waals surface area contributed by atoms with Crippen LogP contribution in [0.1, 0.15) is 0 Å². The van der Waals surface area contributed by atoms with Gasteiger partial charge in [-0.3, -0.25) is 0 Å². The van der Waals surface area contributed by atoms with E-state index in [0.717, 1.165) is 19.6 Å². The van der Waals surface area contributed by atoms with Crippen LogP contribution in [0.2, 0.25) is 0 Å². The highest BCUT2D eigenvalue weighted by atomic mass is 32.2. The number of nitrogens with two attached hydrogens (primary N) is 1. The molecule has 0 fully saturated rings. The van der Waals surface area contributed by atoms with E-state index >= 15 is 0 Å². The lowest BCUT2D eigenvalue weighted by Crippen LogP contribution is -1.95. The molecule has 2 N–H and O–H groups in total. The summed E-state index contributed by atoms with van der Waals surface area (Å²) >= 11 is 1.62. The first-order chi connectivity index (χ1) is 10.7. The number of anilines is 1. The van der Waals surface area contributed by atoms with Crippen LogP contribution in [0.15, 0.2) is 98.4 Å². The topological polar surface area (TPSA) is 43.1 Å². The molecule has 0 aromatic heterocycles. The molecule has 2 nitrogen and oxygen atoms in total. The van der Waals surface area contributed by atoms with Gasteiger partial charge in [-0.1, -0.05) is 42.1 Å². The Bertz CT molecular complexity index is 786. The zero-order valence-electron chi connectivity index (χ0n) is 11.8. The molecule has 1 atom stereocenters. The quantitative estimate of drug-likeness (QED) is 0.714. The van der Waals surface area contributed by atoms with Crippen LogP contribution >= 0.6 is 11.8 Å². The molecule has 110 valence electrons. The average Bonchev–Trinajstić information content (AvgIpc) is 2.56. The number of nitrogen functional groups attached to an aromatic ring is 1. The third-order valence-electron chi connectivity index (χ3n) is 3.11. The fourth-order valence-corrected chi connectivity index (χ4v) is 4.33. The molecule has 0 radical (unpaired) electrons. The second-order valence-electron chi connectivity index (χ2n) is 4.70. The van der Waals surface area contributed by atoms with E-state index in [-0.39, 0.29) is 0 Å². The van der Waals surface area contributed by atoms with Gasteiger partial charge in [0.2, 0.25) is 0 Å². The monoisotopic (exact) mass is 325 g/mol. The Morgan fingerprint density at radius 1 is 0.773 bits per heavy atom. The highest BCUT2D eigenvalue weighted by Gasteiger charge is 2.12. The molecule has 4 heteroatoms. The molecule has 1 unspecified atom stereocenters. The van der Waals surface area contributed by atoms with Gasteiger partial charge in [0.15, 0.2) is 0 Å². The zero-order chi connectivity index (χ0) is 15.4. The predicted octanol–water partition coefficient (Wildman–Crippen LogP) is 4.59. The summed E-state index contributed by atoms with van der Waals surface area (Å²) in [6.07, 6.45) is 0. The predicted molar refractivity (Wildman–Crippen MR) is 92.5 cm³/mol. The molecule has 0 bridgehead atoms. The fourth-order valence-electron chi connectivity index (χ4n) is 2.02. The molecule has 0 aliphatic heterocycles. The van der Waals surface area contributed by atoms with E-state index < -0.39 is 10.8 Å². The first kappa shape index (κ1) is 14.9. The standard InChI is InChI=1S/C18H15NOS2/c19-14-10-12-16(13-11-14)22(20)18-9-5-4-8-17(18)21-15-6-2-1-3-7-15/h1-13H,19H2. The Balaban J connectivity index is 1.94. The number of hydrogen-bond donors (Lipinski definition) is 1. The van der Waals surface area contributed by atoms with Gasteiger partial charge < -0.3 is 5.73 Å². The molecule has 0 heterocycles. The van der Waals surface area contributed by atoms with Crippen LogP contribution in [0, 0.1) is 0 Å². The van der Waals surface area contributed by atoms with Gasteiger partial charge >= 0.3 is 0 Å². The second kappa shape index (κ2) is 6.81. The highest BCUT2D eigenvalue weighted by molar-refractivity contribution is 8.00. The Labute approximate surface area is 136 Å². The van der Waals surface area contributed by atoms with Gasteiger partial charge in [0, 0.05) is 20.4 Å². The van der Waals surface area contributed by atoms with Crippen molar-refractivity contribution in [3.63, 3.8) is 0 Å². The molecular weight excluding hydrogens is 310 g/mol. The van der Waals surface area contributed by atoms with Crippen molar-refractivity contribution in [2.45, 2.75) is 19.6 Å². The van der Waals surface area contributed by atoms with Crippen molar-refractivity contribution in [2.24, 2.45) is 0 Å². The van der Waals surface area contributed by atoms with Crippen LogP contribution in [0.25, 0.3) is 0 Å². The molecule has 0 saturated heterocycles. The van der Waals surface area contributed by atoms with Gasteiger partial charge in [0.05, 0.1) is 15.7 Å². The van der Waals surface area contributed by atoms with Gasteiger partial charge in [-0.2, -0.15) is 0 Å². The Kier molecular flexibility index (Phi) is 4.61. The van der Waals surface area contributed by atoms with E-state index in [1.54, 1.807) is 23.9 Å². The number of hydrogen-bond acceptors (Lipinski definition) is 3. The molecule has 0 aliphatic rings. The molecule has 22 heavy (non-hydrogen) atoms. The summed E-state index contributed by atoms with van der Waals surface area (Å²) in [5.74, 6) is 0. The minimum atomic E-state index is -1.22. The Morgan fingerprint density at radius 3 is 2.14 bits per heavy atom. The van der Waals surface area contributed by atoms with Crippen molar-refractivity contribution >= 4 is 28.2 Å². The summed E-state index contributed by atoms with van der Waals surface area (Å²) in [5, 5.41) is 0. The first-order valence-corrected chi connectivity index (χ1v) is 8.80. The van der Waals surface area contributed by atoms with Crippen LogP contribution in [-0.4, -0.2) is 4.21 Å². The van der Waals surface area contributed by atoms with Crippen molar-refractivity contribution in [3.8, 4) is 0 Å². The average molecular weight is 325 g/mol. The lowest BCUT2D eigenvalue weighted by atomic mass is 10.3. The fraction of sp³-hybridized carbons (Fsp3) is 0. The third-order valence-corrected chi connectivity index (χ3v) is 5.78. The Morgan fingerprint density at radius 2 is 1.41 bits per heavy atom. The molecule has 0 spiro atoms. The SMILES string of the molecule is Nc1ccc(S(=O)c2ccccc2Sc2ccccc2)cc1. The van der Waals surface area contributed by atoms with E-state index in [4.69, 9.17) is 5.73 Å². The lowest BCUT2D eigenvalue weighted by Gasteiger charge is -2.09. The van der Waals surface area contributed by atoms with E-state index in [2.05, 4.69) is 0 Å². The van der Waals surface area contributed by atoms with E-state index in [9.17, 15) is 4.21 Å². The molecular formula is C18H15NOS2. The van der Waals surface area contributed by atoms with Gasteiger partial charge in [-0.25, -0.2) is 4.21 Å². The van der Waals surface area contributed by atoms with E-state index in [0.29, 0.717) is 5.69 Å². The van der Waals surface area contributed by atoms with Crippen LogP contribution in [0.3, 0.4) is 0 Å².